The maximum atomic E-state index is 10.6. The molecule has 0 saturated heterocycles. The lowest BCUT2D eigenvalue weighted by molar-refractivity contribution is -0.147. The maximum Gasteiger partial charge on any atom is 0.306 e. The van der Waals surface area contributed by atoms with Crippen molar-refractivity contribution in [1.29, 1.82) is 0 Å². The van der Waals surface area contributed by atoms with Crippen molar-refractivity contribution in [3.63, 3.8) is 0 Å². The molecule has 0 spiro atoms. The van der Waals surface area contributed by atoms with Crippen LogP contribution >= 0.6 is 0 Å². The number of ether oxygens (including phenoxy) is 1. The number of carbonyl (C=O) groups excluding carboxylic acids is 1. The molecule has 1 rings (SSSR count). The first kappa shape index (κ1) is 12.6. The van der Waals surface area contributed by atoms with Crippen molar-refractivity contribution in [1.82, 2.24) is 15.4 Å². The van der Waals surface area contributed by atoms with Gasteiger partial charge in [-0.1, -0.05) is 6.92 Å². The zero-order valence-electron chi connectivity index (χ0n) is 8.86. The molecule has 0 bridgehead atoms. The highest BCUT2D eigenvalue weighted by molar-refractivity contribution is 5.69. The van der Waals surface area contributed by atoms with E-state index in [1.165, 1.54) is 0 Å². The average Bonchev–Trinajstić information content (AvgIpc) is 2.59. The minimum atomic E-state index is -0.0903. The van der Waals surface area contributed by atoms with Crippen molar-refractivity contribution in [3.8, 4) is 0 Å². The summed E-state index contributed by atoms with van der Waals surface area (Å²) in [5.74, 6) is -0.0903. The van der Waals surface area contributed by atoms with E-state index in [0.717, 1.165) is 6.42 Å². The molecule has 0 aliphatic rings. The van der Waals surface area contributed by atoms with E-state index < -0.39 is 0 Å². The summed E-state index contributed by atoms with van der Waals surface area (Å²) < 4.78 is 4.85. The molecule has 1 heterocycles. The van der Waals surface area contributed by atoms with E-state index in [1.807, 2.05) is 20.8 Å². The van der Waals surface area contributed by atoms with Gasteiger partial charge >= 0.3 is 5.97 Å². The summed E-state index contributed by atoms with van der Waals surface area (Å²) >= 11 is 0. The predicted molar refractivity (Wildman–Crippen MR) is 52.5 cm³/mol. The van der Waals surface area contributed by atoms with E-state index in [9.17, 15) is 4.79 Å². The van der Waals surface area contributed by atoms with E-state index in [1.54, 1.807) is 12.4 Å². The van der Waals surface area contributed by atoms with Gasteiger partial charge in [0.25, 0.3) is 0 Å². The quantitative estimate of drug-likeness (QED) is 0.750. The van der Waals surface area contributed by atoms with E-state index in [2.05, 4.69) is 15.4 Å². The van der Waals surface area contributed by atoms with Crippen molar-refractivity contribution < 1.29 is 9.53 Å². The van der Waals surface area contributed by atoms with Gasteiger partial charge in [0.05, 0.1) is 18.5 Å². The van der Waals surface area contributed by atoms with Crippen LogP contribution in [0.4, 0.5) is 0 Å². The lowest BCUT2D eigenvalue weighted by Crippen LogP contribution is -2.10. The Kier molecular flexibility index (Phi) is 7.40. The van der Waals surface area contributed by atoms with Crippen LogP contribution in [0.1, 0.15) is 33.6 Å². The number of esters is 1. The fourth-order valence-corrected chi connectivity index (χ4v) is 0.693. The summed E-state index contributed by atoms with van der Waals surface area (Å²) in [4.78, 5) is 10.6. The molecule has 0 saturated carbocycles. The second-order valence-electron chi connectivity index (χ2n) is 2.94. The number of nitrogens with zero attached hydrogens (tertiary/aromatic N) is 2. The summed E-state index contributed by atoms with van der Waals surface area (Å²) in [6.45, 7) is 5.67. The van der Waals surface area contributed by atoms with Crippen LogP contribution in [0.5, 0.6) is 0 Å². The summed E-state index contributed by atoms with van der Waals surface area (Å²) in [6, 6.07) is 0. The molecule has 5 nitrogen and oxygen atoms in total. The number of hydrogen-bond acceptors (Lipinski definition) is 4. The smallest absolute Gasteiger partial charge is 0.306 e. The van der Waals surface area contributed by atoms with E-state index in [4.69, 9.17) is 4.74 Å². The molecule has 0 unspecified atom stereocenters. The molecule has 1 aromatic heterocycles. The van der Waals surface area contributed by atoms with Gasteiger partial charge in [-0.3, -0.25) is 4.79 Å². The fraction of sp³-hybridized carbons (Fsp3) is 0.667. The topological polar surface area (TPSA) is 67.9 Å². The number of hydrogen-bond donors (Lipinski definition) is 1. The van der Waals surface area contributed by atoms with Crippen LogP contribution in [0.25, 0.3) is 0 Å². The largest absolute Gasteiger partial charge is 0.463 e. The van der Waals surface area contributed by atoms with Crippen molar-refractivity contribution in [2.75, 3.05) is 0 Å². The Morgan fingerprint density at radius 3 is 2.29 bits per heavy atom. The number of nitrogens with one attached hydrogen (secondary N) is 1. The molecule has 0 amide bonds. The highest BCUT2D eigenvalue weighted by Gasteiger charge is 2.01. The van der Waals surface area contributed by atoms with Gasteiger partial charge in [-0.05, 0) is 20.3 Å². The molecule has 14 heavy (non-hydrogen) atoms. The number of aromatic nitrogens is 3. The van der Waals surface area contributed by atoms with Gasteiger partial charge < -0.3 is 4.74 Å². The van der Waals surface area contributed by atoms with Gasteiger partial charge in [-0.25, -0.2) is 0 Å². The van der Waals surface area contributed by atoms with Crippen LogP contribution in [-0.4, -0.2) is 27.5 Å². The third-order valence-corrected chi connectivity index (χ3v) is 1.15. The Bertz CT molecular complexity index is 205. The fourth-order valence-electron chi connectivity index (χ4n) is 0.693. The van der Waals surface area contributed by atoms with Crippen molar-refractivity contribution in [2.24, 2.45) is 0 Å². The van der Waals surface area contributed by atoms with E-state index >= 15 is 0 Å². The van der Waals surface area contributed by atoms with Gasteiger partial charge in [0.15, 0.2) is 0 Å². The summed E-state index contributed by atoms with van der Waals surface area (Å²) in [5, 5.41) is 9.33. The zero-order valence-corrected chi connectivity index (χ0v) is 8.86. The summed E-state index contributed by atoms with van der Waals surface area (Å²) in [7, 11) is 0. The van der Waals surface area contributed by atoms with E-state index in [-0.39, 0.29) is 12.1 Å². The van der Waals surface area contributed by atoms with Crippen LogP contribution in [0.2, 0.25) is 0 Å². The van der Waals surface area contributed by atoms with Crippen molar-refractivity contribution >= 4 is 5.97 Å². The molecule has 1 aromatic rings. The minimum absolute atomic E-state index is 0.0315. The Morgan fingerprint density at radius 2 is 2.00 bits per heavy atom. The molecule has 0 aliphatic carbocycles. The van der Waals surface area contributed by atoms with E-state index in [0.29, 0.717) is 6.42 Å². The summed E-state index contributed by atoms with van der Waals surface area (Å²) in [5.41, 5.74) is 0. The first-order valence-electron chi connectivity index (χ1n) is 4.66. The number of H-pyrrole nitrogens is 1. The zero-order chi connectivity index (χ0) is 10.8. The Morgan fingerprint density at radius 1 is 1.43 bits per heavy atom. The predicted octanol–water partition coefficient (Wildman–Crippen LogP) is 1.54. The highest BCUT2D eigenvalue weighted by atomic mass is 16.5. The molecule has 0 fully saturated rings. The Hall–Kier alpha value is -1.39. The van der Waals surface area contributed by atoms with Crippen molar-refractivity contribution in [3.05, 3.63) is 12.4 Å². The average molecular weight is 199 g/mol. The maximum absolute atomic E-state index is 10.6. The van der Waals surface area contributed by atoms with Gasteiger partial charge in [0.2, 0.25) is 0 Å². The summed E-state index contributed by atoms with van der Waals surface area (Å²) in [6.07, 6.45) is 4.60. The first-order valence-corrected chi connectivity index (χ1v) is 4.66. The number of aromatic amines is 1. The van der Waals surface area contributed by atoms with Crippen molar-refractivity contribution in [2.45, 2.75) is 39.7 Å². The van der Waals surface area contributed by atoms with Crippen LogP contribution in [-0.2, 0) is 9.53 Å². The normalized spacial score (nSPS) is 9.14. The van der Waals surface area contributed by atoms with Crippen LogP contribution in [0.3, 0.4) is 0 Å². The minimum Gasteiger partial charge on any atom is -0.463 e. The van der Waals surface area contributed by atoms with Gasteiger partial charge in [-0.2, -0.15) is 15.4 Å². The third-order valence-electron chi connectivity index (χ3n) is 1.15. The Balaban J connectivity index is 0.000000280. The molecular weight excluding hydrogens is 182 g/mol. The van der Waals surface area contributed by atoms with Gasteiger partial charge in [0, 0.05) is 6.42 Å². The van der Waals surface area contributed by atoms with Crippen LogP contribution < -0.4 is 0 Å². The molecule has 0 aromatic carbocycles. The highest BCUT2D eigenvalue weighted by Crippen LogP contribution is 1.94. The molecule has 0 aliphatic heterocycles. The number of rotatable bonds is 3. The monoisotopic (exact) mass is 199 g/mol. The van der Waals surface area contributed by atoms with Gasteiger partial charge in [0.1, 0.15) is 0 Å². The molecule has 5 heteroatoms. The lowest BCUT2D eigenvalue weighted by atomic mass is 10.3. The second kappa shape index (κ2) is 8.22. The molecule has 0 radical (unpaired) electrons. The number of carbonyl (C=O) groups is 1. The molecular formula is C9H17N3O2. The second-order valence-corrected chi connectivity index (χ2v) is 2.94. The Labute approximate surface area is 83.9 Å². The molecule has 0 atom stereocenters. The first-order chi connectivity index (χ1) is 6.66. The SMILES string of the molecule is CCCC(=O)OC(C)C.c1cn[nH]n1. The van der Waals surface area contributed by atoms with Crippen LogP contribution in [0, 0.1) is 0 Å². The standard InChI is InChI=1S/C7H14O2.C2H3N3/c1-4-5-7(8)9-6(2)3;1-2-4-5-3-1/h6H,4-5H2,1-3H3;1-2H,(H,3,4,5). The third kappa shape index (κ3) is 8.70. The van der Waals surface area contributed by atoms with Crippen LogP contribution in [0.15, 0.2) is 12.4 Å². The molecule has 1 N–H and O–H groups in total. The molecule has 80 valence electrons. The lowest BCUT2D eigenvalue weighted by Gasteiger charge is -2.05. The van der Waals surface area contributed by atoms with Gasteiger partial charge in [-0.15, -0.1) is 0 Å².